The molecule has 1 unspecified atom stereocenters. The number of fused-ring (bicyclic) bond motifs is 1. The van der Waals surface area contributed by atoms with Crippen molar-refractivity contribution in [2.24, 2.45) is 0 Å². The first kappa shape index (κ1) is 13.8. The Labute approximate surface area is 113 Å². The molecular formula is C14H21N3O2. The molecule has 0 radical (unpaired) electrons. The van der Waals surface area contributed by atoms with E-state index in [1.54, 1.807) is 7.11 Å². The van der Waals surface area contributed by atoms with Gasteiger partial charge in [0.2, 0.25) is 5.89 Å². The zero-order valence-electron chi connectivity index (χ0n) is 11.7. The van der Waals surface area contributed by atoms with Crippen LogP contribution < -0.4 is 5.73 Å². The molecule has 104 valence electrons. The topological polar surface area (TPSA) is 64.5 Å². The summed E-state index contributed by atoms with van der Waals surface area (Å²) in [7, 11) is 1.71. The molecule has 2 aromatic rings. The Morgan fingerprint density at radius 1 is 1.47 bits per heavy atom. The third kappa shape index (κ3) is 3.05. The molecule has 0 spiro atoms. The van der Waals surface area contributed by atoms with Gasteiger partial charge in [0.1, 0.15) is 5.52 Å². The summed E-state index contributed by atoms with van der Waals surface area (Å²) in [4.78, 5) is 6.72. The Hall–Kier alpha value is -1.59. The second-order valence-corrected chi connectivity index (χ2v) is 4.67. The number of hydrogen-bond donors (Lipinski definition) is 1. The van der Waals surface area contributed by atoms with Crippen LogP contribution >= 0.6 is 0 Å². The van der Waals surface area contributed by atoms with Crippen molar-refractivity contribution in [2.45, 2.75) is 26.4 Å². The molecule has 5 nitrogen and oxygen atoms in total. The Balaban J connectivity index is 2.17. The predicted octanol–water partition coefficient (Wildman–Crippen LogP) is 2.27. The van der Waals surface area contributed by atoms with E-state index in [0.29, 0.717) is 30.8 Å². The van der Waals surface area contributed by atoms with Crippen LogP contribution in [0.2, 0.25) is 0 Å². The van der Waals surface area contributed by atoms with Gasteiger partial charge >= 0.3 is 0 Å². The number of rotatable bonds is 6. The Morgan fingerprint density at radius 2 is 2.26 bits per heavy atom. The van der Waals surface area contributed by atoms with Gasteiger partial charge < -0.3 is 14.9 Å². The molecule has 5 heteroatoms. The van der Waals surface area contributed by atoms with Crippen molar-refractivity contribution in [1.82, 2.24) is 9.88 Å². The minimum Gasteiger partial charge on any atom is -0.439 e. The molecule has 1 aromatic heterocycles. The molecule has 1 atom stereocenters. The van der Waals surface area contributed by atoms with Crippen molar-refractivity contribution in [2.75, 3.05) is 26.0 Å². The molecule has 0 aliphatic rings. The van der Waals surface area contributed by atoms with E-state index >= 15 is 0 Å². The first-order valence-electron chi connectivity index (χ1n) is 6.52. The van der Waals surface area contributed by atoms with Crippen molar-refractivity contribution in [3.05, 3.63) is 24.1 Å². The van der Waals surface area contributed by atoms with Crippen LogP contribution in [0.15, 0.2) is 22.6 Å². The third-order valence-corrected chi connectivity index (χ3v) is 3.27. The van der Waals surface area contributed by atoms with Crippen LogP contribution in [0.25, 0.3) is 11.1 Å². The Kier molecular flexibility index (Phi) is 4.39. The lowest BCUT2D eigenvalue weighted by Crippen LogP contribution is -2.35. The van der Waals surface area contributed by atoms with Gasteiger partial charge in [0.25, 0.3) is 0 Å². The average molecular weight is 263 g/mol. The fourth-order valence-corrected chi connectivity index (χ4v) is 2.18. The van der Waals surface area contributed by atoms with Crippen LogP contribution in [0, 0.1) is 0 Å². The number of ether oxygens (including phenoxy) is 1. The molecule has 0 amide bonds. The minimum atomic E-state index is 0.322. The van der Waals surface area contributed by atoms with E-state index in [9.17, 15) is 0 Å². The second kappa shape index (κ2) is 6.04. The van der Waals surface area contributed by atoms with E-state index in [0.717, 1.165) is 17.6 Å². The first-order valence-corrected chi connectivity index (χ1v) is 6.52. The molecule has 1 aromatic carbocycles. The molecule has 2 rings (SSSR count). The zero-order chi connectivity index (χ0) is 13.8. The lowest BCUT2D eigenvalue weighted by atomic mass is 10.3. The molecular weight excluding hydrogens is 242 g/mol. The SMILES string of the molecule is CCN(Cc1nc2c(N)cccc2o1)C(C)COC. The van der Waals surface area contributed by atoms with E-state index < -0.39 is 0 Å². The number of oxazole rings is 1. The van der Waals surface area contributed by atoms with E-state index in [4.69, 9.17) is 14.9 Å². The van der Waals surface area contributed by atoms with Gasteiger partial charge in [-0.15, -0.1) is 0 Å². The van der Waals surface area contributed by atoms with Crippen LogP contribution in [0.5, 0.6) is 0 Å². The van der Waals surface area contributed by atoms with E-state index in [2.05, 4.69) is 23.7 Å². The maximum Gasteiger partial charge on any atom is 0.209 e. The molecule has 0 saturated heterocycles. The highest BCUT2D eigenvalue weighted by atomic mass is 16.5. The summed E-state index contributed by atoms with van der Waals surface area (Å²) in [5.41, 5.74) is 8.02. The first-order chi connectivity index (χ1) is 9.15. The van der Waals surface area contributed by atoms with Gasteiger partial charge in [-0.25, -0.2) is 4.98 Å². The highest BCUT2D eigenvalue weighted by Crippen LogP contribution is 2.22. The molecule has 0 aliphatic carbocycles. The van der Waals surface area contributed by atoms with E-state index in [1.165, 1.54) is 0 Å². The monoisotopic (exact) mass is 263 g/mol. The van der Waals surface area contributed by atoms with Gasteiger partial charge in [-0.05, 0) is 25.6 Å². The van der Waals surface area contributed by atoms with Crippen LogP contribution in [0.1, 0.15) is 19.7 Å². The van der Waals surface area contributed by atoms with E-state index in [-0.39, 0.29) is 0 Å². The average Bonchev–Trinajstić information content (AvgIpc) is 2.80. The van der Waals surface area contributed by atoms with Crippen LogP contribution in [0.3, 0.4) is 0 Å². The summed E-state index contributed by atoms with van der Waals surface area (Å²) in [6.07, 6.45) is 0. The summed E-state index contributed by atoms with van der Waals surface area (Å²) in [5.74, 6) is 0.692. The summed E-state index contributed by atoms with van der Waals surface area (Å²) >= 11 is 0. The van der Waals surface area contributed by atoms with Crippen molar-refractivity contribution in [3.8, 4) is 0 Å². The quantitative estimate of drug-likeness (QED) is 0.810. The lowest BCUT2D eigenvalue weighted by molar-refractivity contribution is 0.0928. The van der Waals surface area contributed by atoms with Crippen LogP contribution in [0.4, 0.5) is 5.69 Å². The highest BCUT2D eigenvalue weighted by molar-refractivity contribution is 5.85. The van der Waals surface area contributed by atoms with Crippen molar-refractivity contribution in [1.29, 1.82) is 0 Å². The second-order valence-electron chi connectivity index (χ2n) is 4.67. The molecule has 0 aliphatic heterocycles. The third-order valence-electron chi connectivity index (χ3n) is 3.27. The van der Waals surface area contributed by atoms with Crippen molar-refractivity contribution in [3.63, 3.8) is 0 Å². The molecule has 0 fully saturated rings. The van der Waals surface area contributed by atoms with Crippen LogP contribution in [-0.2, 0) is 11.3 Å². The molecule has 19 heavy (non-hydrogen) atoms. The number of nitrogens with two attached hydrogens (primary N) is 1. The number of likely N-dealkylation sites (N-methyl/N-ethyl adjacent to an activating group) is 1. The van der Waals surface area contributed by atoms with Crippen LogP contribution in [-0.4, -0.2) is 36.2 Å². The number of benzene rings is 1. The fraction of sp³-hybridized carbons (Fsp3) is 0.500. The summed E-state index contributed by atoms with van der Waals surface area (Å²) < 4.78 is 10.9. The Bertz CT molecular complexity index is 538. The molecule has 0 saturated carbocycles. The molecule has 2 N–H and O–H groups in total. The van der Waals surface area contributed by atoms with Gasteiger partial charge in [0.05, 0.1) is 18.8 Å². The van der Waals surface area contributed by atoms with Crippen molar-refractivity contribution >= 4 is 16.8 Å². The number of hydrogen-bond acceptors (Lipinski definition) is 5. The number of nitrogen functional groups attached to an aromatic ring is 1. The number of methoxy groups -OCH3 is 1. The summed E-state index contributed by atoms with van der Waals surface area (Å²) in [5, 5.41) is 0. The van der Waals surface area contributed by atoms with Crippen molar-refractivity contribution < 1.29 is 9.15 Å². The Morgan fingerprint density at radius 3 is 2.89 bits per heavy atom. The number of nitrogens with zero attached hydrogens (tertiary/aromatic N) is 2. The molecule has 0 bridgehead atoms. The highest BCUT2D eigenvalue weighted by Gasteiger charge is 2.16. The van der Waals surface area contributed by atoms with Gasteiger partial charge in [-0.1, -0.05) is 13.0 Å². The number of para-hydroxylation sites is 1. The fourth-order valence-electron chi connectivity index (χ4n) is 2.18. The number of anilines is 1. The smallest absolute Gasteiger partial charge is 0.209 e. The molecule has 1 heterocycles. The summed E-state index contributed by atoms with van der Waals surface area (Å²) in [6.45, 7) is 6.51. The van der Waals surface area contributed by atoms with E-state index in [1.807, 2.05) is 18.2 Å². The van der Waals surface area contributed by atoms with Gasteiger partial charge in [-0.2, -0.15) is 0 Å². The zero-order valence-corrected chi connectivity index (χ0v) is 11.7. The maximum absolute atomic E-state index is 5.88. The predicted molar refractivity (Wildman–Crippen MR) is 75.8 cm³/mol. The van der Waals surface area contributed by atoms with Gasteiger partial charge in [-0.3, -0.25) is 4.90 Å². The minimum absolute atomic E-state index is 0.322. The summed E-state index contributed by atoms with van der Waals surface area (Å²) in [6, 6.07) is 5.91. The largest absolute Gasteiger partial charge is 0.439 e. The van der Waals surface area contributed by atoms with Gasteiger partial charge in [0, 0.05) is 13.2 Å². The lowest BCUT2D eigenvalue weighted by Gasteiger charge is -2.25. The number of aromatic nitrogens is 1. The normalized spacial score (nSPS) is 13.3. The van der Waals surface area contributed by atoms with Gasteiger partial charge in [0.15, 0.2) is 5.58 Å². The standard InChI is InChI=1S/C14H21N3O2/c1-4-17(10(2)9-18-3)8-13-16-14-11(15)6-5-7-12(14)19-13/h5-7,10H,4,8-9,15H2,1-3H3. The maximum atomic E-state index is 5.88.